The number of sulfonamides is 1. The molecule has 0 atom stereocenters. The third-order valence-electron chi connectivity index (χ3n) is 2.21. The second kappa shape index (κ2) is 4.87. The summed E-state index contributed by atoms with van der Waals surface area (Å²) in [7, 11) is -3.82. The Hall–Kier alpha value is -2.11. The van der Waals surface area contributed by atoms with Crippen LogP contribution in [0.2, 0.25) is 0 Å². The van der Waals surface area contributed by atoms with Gasteiger partial charge in [0.2, 0.25) is 0 Å². The van der Waals surface area contributed by atoms with Gasteiger partial charge >= 0.3 is 0 Å². The number of nitrogens with two attached hydrogens (primary N) is 1. The molecule has 0 bridgehead atoms. The van der Waals surface area contributed by atoms with Gasteiger partial charge in [-0.2, -0.15) is 5.26 Å². The number of anilines is 2. The van der Waals surface area contributed by atoms with Crippen LogP contribution in [0.4, 0.5) is 15.8 Å². The molecule has 0 aliphatic heterocycles. The number of benzene rings is 1. The Morgan fingerprint density at radius 1 is 1.32 bits per heavy atom. The van der Waals surface area contributed by atoms with Gasteiger partial charge in [-0.15, -0.1) is 11.3 Å². The number of rotatable bonds is 3. The molecular formula is C11H8FN3O2S2. The molecule has 19 heavy (non-hydrogen) atoms. The van der Waals surface area contributed by atoms with E-state index in [0.717, 1.165) is 17.4 Å². The van der Waals surface area contributed by atoms with Crippen molar-refractivity contribution in [2.45, 2.75) is 4.21 Å². The fourth-order valence-corrected chi connectivity index (χ4v) is 3.47. The Labute approximate surface area is 113 Å². The van der Waals surface area contributed by atoms with Gasteiger partial charge in [-0.25, -0.2) is 12.8 Å². The number of nitrogens with zero attached hydrogens (tertiary/aromatic N) is 1. The topological polar surface area (TPSA) is 96.0 Å². The van der Waals surface area contributed by atoms with E-state index < -0.39 is 15.8 Å². The number of nitriles is 1. The highest BCUT2D eigenvalue weighted by molar-refractivity contribution is 7.94. The Bertz CT molecular complexity index is 762. The summed E-state index contributed by atoms with van der Waals surface area (Å²) in [6, 6.07) is 8.19. The Kier molecular flexibility index (Phi) is 3.42. The van der Waals surface area contributed by atoms with Crippen LogP contribution in [0.5, 0.6) is 0 Å². The van der Waals surface area contributed by atoms with Gasteiger partial charge < -0.3 is 5.73 Å². The van der Waals surface area contributed by atoms with Crippen molar-refractivity contribution in [1.82, 2.24) is 0 Å². The molecule has 98 valence electrons. The molecule has 0 spiro atoms. The summed E-state index contributed by atoms with van der Waals surface area (Å²) in [4.78, 5) is 0.281. The van der Waals surface area contributed by atoms with Crippen molar-refractivity contribution in [3.63, 3.8) is 0 Å². The molecule has 8 heteroatoms. The van der Waals surface area contributed by atoms with Crippen LogP contribution in [0, 0.1) is 17.1 Å². The van der Waals surface area contributed by atoms with Gasteiger partial charge in [-0.1, -0.05) is 0 Å². The van der Waals surface area contributed by atoms with Crippen molar-refractivity contribution in [2.24, 2.45) is 0 Å². The summed E-state index contributed by atoms with van der Waals surface area (Å²) >= 11 is 0.836. The molecule has 0 saturated carbocycles. The van der Waals surface area contributed by atoms with Crippen LogP contribution >= 0.6 is 11.3 Å². The molecule has 0 saturated heterocycles. The molecule has 2 rings (SSSR count). The molecule has 1 aromatic heterocycles. The van der Waals surface area contributed by atoms with Crippen LogP contribution in [-0.4, -0.2) is 8.42 Å². The predicted octanol–water partition coefficient (Wildman–Crippen LogP) is 2.14. The van der Waals surface area contributed by atoms with E-state index in [1.165, 1.54) is 24.3 Å². The number of thiophene rings is 1. The second-order valence-electron chi connectivity index (χ2n) is 3.57. The lowest BCUT2D eigenvalue weighted by Crippen LogP contribution is -2.11. The van der Waals surface area contributed by atoms with Crippen LogP contribution in [0.3, 0.4) is 0 Å². The number of halogens is 1. The van der Waals surface area contributed by atoms with E-state index in [9.17, 15) is 12.8 Å². The normalized spacial score (nSPS) is 10.9. The monoisotopic (exact) mass is 297 g/mol. The van der Waals surface area contributed by atoms with Crippen LogP contribution < -0.4 is 10.5 Å². The van der Waals surface area contributed by atoms with Crippen molar-refractivity contribution in [1.29, 1.82) is 5.26 Å². The lowest BCUT2D eigenvalue weighted by atomic mass is 10.3. The lowest BCUT2D eigenvalue weighted by Gasteiger charge is -2.06. The maximum Gasteiger partial charge on any atom is 0.271 e. The van der Waals surface area contributed by atoms with E-state index in [0.29, 0.717) is 0 Å². The third kappa shape index (κ3) is 2.83. The SMILES string of the molecule is N#Cc1ccc(S(=O)(=O)Nc2ccc(N)c(F)c2)s1. The van der Waals surface area contributed by atoms with Gasteiger partial charge in [0, 0.05) is 6.07 Å². The zero-order valence-corrected chi connectivity index (χ0v) is 11.1. The summed E-state index contributed by atoms with van der Waals surface area (Å²) < 4.78 is 39.3. The van der Waals surface area contributed by atoms with E-state index in [-0.39, 0.29) is 20.5 Å². The zero-order valence-electron chi connectivity index (χ0n) is 9.42. The molecule has 1 aromatic carbocycles. The van der Waals surface area contributed by atoms with E-state index in [4.69, 9.17) is 11.0 Å². The molecule has 3 N–H and O–H groups in total. The minimum Gasteiger partial charge on any atom is -0.396 e. The first-order chi connectivity index (χ1) is 8.92. The second-order valence-corrected chi connectivity index (χ2v) is 6.57. The highest BCUT2D eigenvalue weighted by Crippen LogP contribution is 2.24. The molecule has 0 fully saturated rings. The Morgan fingerprint density at radius 3 is 2.63 bits per heavy atom. The molecule has 0 radical (unpaired) electrons. The molecule has 5 nitrogen and oxygen atoms in total. The van der Waals surface area contributed by atoms with E-state index in [2.05, 4.69) is 4.72 Å². The lowest BCUT2D eigenvalue weighted by molar-refractivity contribution is 0.603. The first-order valence-electron chi connectivity index (χ1n) is 5.00. The van der Waals surface area contributed by atoms with E-state index in [1.54, 1.807) is 0 Å². The largest absolute Gasteiger partial charge is 0.396 e. The van der Waals surface area contributed by atoms with Crippen LogP contribution in [0.15, 0.2) is 34.5 Å². The van der Waals surface area contributed by atoms with Crippen molar-refractivity contribution >= 4 is 32.7 Å². The highest BCUT2D eigenvalue weighted by Gasteiger charge is 2.17. The summed E-state index contributed by atoms with van der Waals surface area (Å²) in [6.45, 7) is 0. The Balaban J connectivity index is 2.31. The minimum absolute atomic E-state index is 0.0127. The number of nitrogen functional groups attached to an aromatic ring is 1. The van der Waals surface area contributed by atoms with Crippen molar-refractivity contribution in [2.75, 3.05) is 10.5 Å². The fourth-order valence-electron chi connectivity index (χ4n) is 1.32. The molecule has 0 aliphatic carbocycles. The maximum absolute atomic E-state index is 13.2. The highest BCUT2D eigenvalue weighted by atomic mass is 32.2. The average Bonchev–Trinajstić information content (AvgIpc) is 2.83. The Morgan fingerprint density at radius 2 is 2.05 bits per heavy atom. The standard InChI is InChI=1S/C11H8FN3O2S2/c12-9-5-7(1-3-10(9)14)15-19(16,17)11-4-2-8(6-13)18-11/h1-5,15H,14H2. The number of hydrogen-bond donors (Lipinski definition) is 2. The molecule has 1 heterocycles. The van der Waals surface area contributed by atoms with E-state index in [1.807, 2.05) is 6.07 Å². The summed E-state index contributed by atoms with van der Waals surface area (Å²) in [5.74, 6) is -0.705. The fraction of sp³-hybridized carbons (Fsp3) is 0. The van der Waals surface area contributed by atoms with Crippen molar-refractivity contribution in [3.05, 3.63) is 41.0 Å². The van der Waals surface area contributed by atoms with Gasteiger partial charge in [-0.05, 0) is 24.3 Å². The van der Waals surface area contributed by atoms with Gasteiger partial charge in [-0.3, -0.25) is 4.72 Å². The smallest absolute Gasteiger partial charge is 0.271 e. The third-order valence-corrected chi connectivity index (χ3v) is 5.07. The quantitative estimate of drug-likeness (QED) is 0.848. The maximum atomic E-state index is 13.2. The van der Waals surface area contributed by atoms with Gasteiger partial charge in [0.05, 0.1) is 11.4 Å². The van der Waals surface area contributed by atoms with Crippen LogP contribution in [-0.2, 0) is 10.0 Å². The first-order valence-corrected chi connectivity index (χ1v) is 7.30. The molecule has 0 amide bonds. The van der Waals surface area contributed by atoms with E-state index >= 15 is 0 Å². The predicted molar refractivity (Wildman–Crippen MR) is 70.7 cm³/mol. The van der Waals surface area contributed by atoms with Crippen molar-refractivity contribution in [3.8, 4) is 6.07 Å². The zero-order chi connectivity index (χ0) is 14.0. The van der Waals surface area contributed by atoms with Crippen LogP contribution in [0.25, 0.3) is 0 Å². The minimum atomic E-state index is -3.82. The molecule has 0 aliphatic rings. The molecule has 0 unspecified atom stereocenters. The van der Waals surface area contributed by atoms with Gasteiger partial charge in [0.15, 0.2) is 0 Å². The number of nitrogens with one attached hydrogen (secondary N) is 1. The summed E-state index contributed by atoms with van der Waals surface area (Å²) in [6.07, 6.45) is 0. The van der Waals surface area contributed by atoms with Gasteiger partial charge in [0.1, 0.15) is 21.0 Å². The molecular weight excluding hydrogens is 289 g/mol. The van der Waals surface area contributed by atoms with Crippen molar-refractivity contribution < 1.29 is 12.8 Å². The van der Waals surface area contributed by atoms with Crippen LogP contribution in [0.1, 0.15) is 4.88 Å². The summed E-state index contributed by atoms with van der Waals surface area (Å²) in [5, 5.41) is 8.66. The summed E-state index contributed by atoms with van der Waals surface area (Å²) in [5.41, 5.74) is 5.30. The average molecular weight is 297 g/mol. The number of hydrogen-bond acceptors (Lipinski definition) is 5. The molecule has 2 aromatic rings. The van der Waals surface area contributed by atoms with Gasteiger partial charge in [0.25, 0.3) is 10.0 Å². The first kappa shape index (κ1) is 13.3.